The Morgan fingerprint density at radius 2 is 2.04 bits per heavy atom. The number of hydrogen-bond acceptors (Lipinski definition) is 4. The normalized spacial score (nSPS) is 18.4. The average molecular weight is 318 g/mol. The van der Waals surface area contributed by atoms with Crippen LogP contribution in [0.15, 0.2) is 18.2 Å². The second-order valence-electron chi connectivity index (χ2n) is 7.06. The summed E-state index contributed by atoms with van der Waals surface area (Å²) in [5.41, 5.74) is 2.12. The molecular formula is C18H26N2O3. The molecule has 23 heavy (non-hydrogen) atoms. The fourth-order valence-corrected chi connectivity index (χ4v) is 2.56. The zero-order valence-corrected chi connectivity index (χ0v) is 14.8. The summed E-state index contributed by atoms with van der Waals surface area (Å²) in [5, 5.41) is 0. The van der Waals surface area contributed by atoms with Gasteiger partial charge in [-0.1, -0.05) is 13.0 Å². The summed E-state index contributed by atoms with van der Waals surface area (Å²) < 4.78 is 10.8. The van der Waals surface area contributed by atoms with E-state index in [4.69, 9.17) is 9.47 Å². The number of amides is 1. The zero-order valence-electron chi connectivity index (χ0n) is 14.8. The highest BCUT2D eigenvalue weighted by atomic mass is 16.6. The summed E-state index contributed by atoms with van der Waals surface area (Å²) >= 11 is 0. The van der Waals surface area contributed by atoms with Crippen molar-refractivity contribution >= 4 is 11.8 Å². The number of rotatable bonds is 2. The van der Waals surface area contributed by atoms with Gasteiger partial charge in [0, 0.05) is 23.9 Å². The number of hydrogen-bond donors (Lipinski definition) is 0. The van der Waals surface area contributed by atoms with Crippen molar-refractivity contribution in [2.75, 3.05) is 13.7 Å². The Bertz CT molecular complexity index is 617. The van der Waals surface area contributed by atoms with Gasteiger partial charge in [0.05, 0.1) is 12.8 Å². The molecule has 0 aromatic carbocycles. The maximum absolute atomic E-state index is 12.6. The van der Waals surface area contributed by atoms with Crippen LogP contribution < -0.4 is 4.74 Å². The highest BCUT2D eigenvalue weighted by molar-refractivity contribution is 5.83. The predicted molar refractivity (Wildman–Crippen MR) is 90.2 cm³/mol. The van der Waals surface area contributed by atoms with Crippen molar-refractivity contribution in [3.8, 4) is 5.88 Å². The van der Waals surface area contributed by atoms with Gasteiger partial charge < -0.3 is 9.47 Å². The van der Waals surface area contributed by atoms with E-state index in [0.29, 0.717) is 18.3 Å². The summed E-state index contributed by atoms with van der Waals surface area (Å²) in [5.74, 6) is 0.944. The van der Waals surface area contributed by atoms with Crippen LogP contribution in [0.25, 0.3) is 5.70 Å². The molecule has 0 spiro atoms. The summed E-state index contributed by atoms with van der Waals surface area (Å²) in [6.45, 7) is 10.3. The van der Waals surface area contributed by atoms with Gasteiger partial charge in [0.25, 0.3) is 0 Å². The lowest BCUT2D eigenvalue weighted by atomic mass is 9.98. The number of nitrogens with zero attached hydrogens (tertiary/aromatic N) is 2. The summed E-state index contributed by atoms with van der Waals surface area (Å²) in [4.78, 5) is 18.6. The number of allylic oxidation sites excluding steroid dienone is 1. The van der Waals surface area contributed by atoms with E-state index < -0.39 is 5.60 Å². The Morgan fingerprint density at radius 1 is 1.35 bits per heavy atom. The molecule has 0 saturated heterocycles. The molecule has 1 aliphatic heterocycles. The molecule has 1 amide bonds. The molecule has 0 fully saturated rings. The number of ether oxygens (including phenoxy) is 2. The van der Waals surface area contributed by atoms with Crippen LogP contribution in [-0.2, 0) is 4.74 Å². The first-order chi connectivity index (χ1) is 10.7. The first-order valence-electron chi connectivity index (χ1n) is 7.93. The molecule has 1 aromatic rings. The first-order valence-corrected chi connectivity index (χ1v) is 7.93. The highest BCUT2D eigenvalue weighted by Gasteiger charge is 2.29. The van der Waals surface area contributed by atoms with E-state index >= 15 is 0 Å². The Hall–Kier alpha value is -2.04. The third-order valence-electron chi connectivity index (χ3n) is 3.55. The van der Waals surface area contributed by atoms with Gasteiger partial charge in [0.2, 0.25) is 5.88 Å². The molecule has 0 N–H and O–H groups in total. The van der Waals surface area contributed by atoms with Gasteiger partial charge in [-0.25, -0.2) is 9.78 Å². The zero-order chi connectivity index (χ0) is 17.2. The van der Waals surface area contributed by atoms with Crippen molar-refractivity contribution in [2.45, 2.75) is 46.6 Å². The Kier molecular flexibility index (Phi) is 4.97. The number of aromatic nitrogens is 1. The maximum Gasteiger partial charge on any atom is 0.414 e. The van der Waals surface area contributed by atoms with Crippen LogP contribution in [-0.4, -0.2) is 35.2 Å². The molecule has 1 atom stereocenters. The lowest BCUT2D eigenvalue weighted by Crippen LogP contribution is -2.39. The van der Waals surface area contributed by atoms with E-state index in [1.807, 2.05) is 39.8 Å². The molecule has 5 heteroatoms. The van der Waals surface area contributed by atoms with Crippen LogP contribution in [0, 0.1) is 12.8 Å². The van der Waals surface area contributed by atoms with E-state index in [9.17, 15) is 4.79 Å². The van der Waals surface area contributed by atoms with Crippen LogP contribution in [0.3, 0.4) is 0 Å². The van der Waals surface area contributed by atoms with E-state index in [-0.39, 0.29) is 6.09 Å². The first kappa shape index (κ1) is 17.3. The fraction of sp³-hybridized carbons (Fsp3) is 0.556. The summed E-state index contributed by atoms with van der Waals surface area (Å²) in [6.07, 6.45) is 2.70. The van der Waals surface area contributed by atoms with Crippen LogP contribution in [0.1, 0.15) is 45.4 Å². The monoisotopic (exact) mass is 318 g/mol. The Labute approximate surface area is 138 Å². The van der Waals surface area contributed by atoms with Gasteiger partial charge >= 0.3 is 6.09 Å². The van der Waals surface area contributed by atoms with Crippen molar-refractivity contribution in [3.63, 3.8) is 0 Å². The smallest absolute Gasteiger partial charge is 0.414 e. The minimum Gasteiger partial charge on any atom is -0.481 e. The Balaban J connectivity index is 2.37. The fourth-order valence-electron chi connectivity index (χ4n) is 2.56. The average Bonchev–Trinajstić information content (AvgIpc) is 2.44. The molecule has 0 unspecified atom stereocenters. The highest BCUT2D eigenvalue weighted by Crippen LogP contribution is 2.30. The maximum atomic E-state index is 12.6. The minimum atomic E-state index is -0.519. The molecule has 0 bridgehead atoms. The number of pyridine rings is 1. The SMILES string of the molecule is COc1cc(C2=CC[C@H](C)CN2C(=O)OC(C)(C)C)cc(C)n1. The van der Waals surface area contributed by atoms with Crippen LogP contribution >= 0.6 is 0 Å². The molecule has 0 aliphatic carbocycles. The molecule has 2 heterocycles. The number of aryl methyl sites for hydroxylation is 1. The van der Waals surface area contributed by atoms with Crippen molar-refractivity contribution in [1.82, 2.24) is 9.88 Å². The van der Waals surface area contributed by atoms with E-state index in [0.717, 1.165) is 23.4 Å². The quantitative estimate of drug-likeness (QED) is 0.826. The van der Waals surface area contributed by atoms with Crippen molar-refractivity contribution < 1.29 is 14.3 Å². The standard InChI is InChI=1S/C18H26N2O3/c1-12-7-8-15(14-9-13(2)19-16(10-14)22-6)20(11-12)17(21)23-18(3,4)5/h8-10,12H,7,11H2,1-6H3/t12-/m0/s1. The molecule has 126 valence electrons. The molecule has 1 aliphatic rings. The molecule has 1 aromatic heterocycles. The lowest BCUT2D eigenvalue weighted by Gasteiger charge is -2.34. The van der Waals surface area contributed by atoms with Gasteiger partial charge in [0.15, 0.2) is 0 Å². The molecule has 2 rings (SSSR count). The molecule has 5 nitrogen and oxygen atoms in total. The van der Waals surface area contributed by atoms with Crippen molar-refractivity contribution in [3.05, 3.63) is 29.5 Å². The van der Waals surface area contributed by atoms with Gasteiger partial charge in [-0.2, -0.15) is 0 Å². The molecule has 0 radical (unpaired) electrons. The molecule has 0 saturated carbocycles. The van der Waals surface area contributed by atoms with Crippen molar-refractivity contribution in [2.24, 2.45) is 5.92 Å². The summed E-state index contributed by atoms with van der Waals surface area (Å²) in [7, 11) is 1.59. The third kappa shape index (κ3) is 4.47. The van der Waals surface area contributed by atoms with Gasteiger partial charge in [-0.15, -0.1) is 0 Å². The van der Waals surface area contributed by atoms with E-state index in [2.05, 4.69) is 18.0 Å². The third-order valence-corrected chi connectivity index (χ3v) is 3.55. The molecular weight excluding hydrogens is 292 g/mol. The van der Waals surface area contributed by atoms with Gasteiger partial charge in [-0.3, -0.25) is 4.90 Å². The largest absolute Gasteiger partial charge is 0.481 e. The van der Waals surface area contributed by atoms with Gasteiger partial charge in [-0.05, 0) is 46.1 Å². The van der Waals surface area contributed by atoms with E-state index in [1.165, 1.54) is 0 Å². The van der Waals surface area contributed by atoms with Crippen molar-refractivity contribution in [1.29, 1.82) is 0 Å². The second kappa shape index (κ2) is 6.60. The second-order valence-corrected chi connectivity index (χ2v) is 7.06. The van der Waals surface area contributed by atoms with E-state index in [1.54, 1.807) is 12.0 Å². The lowest BCUT2D eigenvalue weighted by molar-refractivity contribution is 0.0327. The topological polar surface area (TPSA) is 51.7 Å². The number of carbonyl (C=O) groups is 1. The Morgan fingerprint density at radius 3 is 2.65 bits per heavy atom. The number of carbonyl (C=O) groups excluding carboxylic acids is 1. The van der Waals surface area contributed by atoms with Crippen LogP contribution in [0.2, 0.25) is 0 Å². The summed E-state index contributed by atoms with van der Waals surface area (Å²) in [6, 6.07) is 3.81. The van der Waals surface area contributed by atoms with Crippen LogP contribution in [0.5, 0.6) is 5.88 Å². The van der Waals surface area contributed by atoms with Gasteiger partial charge in [0.1, 0.15) is 5.60 Å². The van der Waals surface area contributed by atoms with Crippen LogP contribution in [0.4, 0.5) is 4.79 Å². The minimum absolute atomic E-state index is 0.316. The number of methoxy groups -OCH3 is 1. The predicted octanol–water partition coefficient (Wildman–Crippen LogP) is 4.02.